The van der Waals surface area contributed by atoms with Crippen molar-refractivity contribution in [3.05, 3.63) is 43.8 Å². The molecule has 0 aliphatic carbocycles. The van der Waals surface area contributed by atoms with Crippen LogP contribution in [0.1, 0.15) is 16.5 Å². The molecule has 2 aromatic rings. The monoisotopic (exact) mass is 333 g/mol. The van der Waals surface area contributed by atoms with E-state index in [-0.39, 0.29) is 0 Å². The third kappa shape index (κ3) is 2.80. The van der Waals surface area contributed by atoms with Gasteiger partial charge in [0.25, 0.3) is 0 Å². The van der Waals surface area contributed by atoms with Crippen molar-refractivity contribution in [2.75, 3.05) is 7.11 Å². The minimum absolute atomic E-state index is 0.614. The highest BCUT2D eigenvalue weighted by atomic mass is 79.9. The van der Waals surface area contributed by atoms with Crippen molar-refractivity contribution in [2.45, 2.75) is 6.10 Å². The standard InChI is InChI=1S/C11H9BrClNO2S/c1-16-7-2-6(4-14-5-7)10(15)9-3-8(12)11(13)17-9/h2-5,10,15H,1H3. The Hall–Kier alpha value is -0.620. The maximum absolute atomic E-state index is 10.2. The minimum atomic E-state index is -0.744. The Labute approximate surface area is 116 Å². The van der Waals surface area contributed by atoms with E-state index in [4.69, 9.17) is 16.3 Å². The van der Waals surface area contributed by atoms with E-state index in [2.05, 4.69) is 20.9 Å². The Kier molecular flexibility index (Phi) is 4.04. The van der Waals surface area contributed by atoms with Gasteiger partial charge in [-0.25, -0.2) is 0 Å². The zero-order valence-electron chi connectivity index (χ0n) is 8.85. The van der Waals surface area contributed by atoms with Crippen LogP contribution in [0.15, 0.2) is 29.0 Å². The second kappa shape index (κ2) is 5.35. The van der Waals surface area contributed by atoms with Gasteiger partial charge in [0.15, 0.2) is 0 Å². The molecule has 0 saturated carbocycles. The number of hydrogen-bond acceptors (Lipinski definition) is 4. The second-order valence-corrected chi connectivity index (χ2v) is 5.87. The number of ether oxygens (including phenoxy) is 1. The number of halogens is 2. The van der Waals surface area contributed by atoms with Gasteiger partial charge in [0.1, 0.15) is 16.2 Å². The lowest BCUT2D eigenvalue weighted by Crippen LogP contribution is -1.98. The molecule has 0 fully saturated rings. The third-order valence-corrected chi connectivity index (χ3v) is 4.75. The van der Waals surface area contributed by atoms with E-state index in [0.29, 0.717) is 15.6 Å². The molecule has 1 unspecified atom stereocenters. The van der Waals surface area contributed by atoms with Crippen molar-refractivity contribution >= 4 is 38.9 Å². The fraction of sp³-hybridized carbons (Fsp3) is 0.182. The maximum Gasteiger partial charge on any atom is 0.137 e. The fourth-order valence-corrected chi connectivity index (χ4v) is 3.11. The Morgan fingerprint density at radius 1 is 1.47 bits per heavy atom. The summed E-state index contributed by atoms with van der Waals surface area (Å²) in [4.78, 5) is 4.77. The molecule has 2 aromatic heterocycles. The molecule has 2 heterocycles. The maximum atomic E-state index is 10.2. The number of nitrogens with zero attached hydrogens (tertiary/aromatic N) is 1. The smallest absolute Gasteiger partial charge is 0.137 e. The first kappa shape index (κ1) is 12.8. The first-order chi connectivity index (χ1) is 8.11. The van der Waals surface area contributed by atoms with Gasteiger partial charge in [-0.1, -0.05) is 11.6 Å². The van der Waals surface area contributed by atoms with E-state index in [1.807, 2.05) is 0 Å². The minimum Gasteiger partial charge on any atom is -0.495 e. The summed E-state index contributed by atoms with van der Waals surface area (Å²) in [6.45, 7) is 0. The molecule has 3 nitrogen and oxygen atoms in total. The zero-order valence-corrected chi connectivity index (χ0v) is 12.0. The number of hydrogen-bond donors (Lipinski definition) is 1. The summed E-state index contributed by atoms with van der Waals surface area (Å²) < 4.78 is 6.47. The van der Waals surface area contributed by atoms with Crippen LogP contribution in [0.4, 0.5) is 0 Å². The van der Waals surface area contributed by atoms with E-state index in [9.17, 15) is 5.11 Å². The van der Waals surface area contributed by atoms with Crippen molar-refractivity contribution in [2.24, 2.45) is 0 Å². The molecule has 0 bridgehead atoms. The average Bonchev–Trinajstić information content (AvgIpc) is 2.69. The first-order valence-corrected chi connectivity index (χ1v) is 6.72. The highest BCUT2D eigenvalue weighted by Gasteiger charge is 2.16. The second-order valence-electron chi connectivity index (χ2n) is 3.33. The van der Waals surface area contributed by atoms with Crippen LogP contribution in [0, 0.1) is 0 Å². The predicted molar refractivity (Wildman–Crippen MR) is 71.9 cm³/mol. The molecule has 0 aliphatic rings. The lowest BCUT2D eigenvalue weighted by Gasteiger charge is -2.09. The van der Waals surface area contributed by atoms with Gasteiger partial charge in [-0.15, -0.1) is 11.3 Å². The van der Waals surface area contributed by atoms with Crippen molar-refractivity contribution in [1.29, 1.82) is 0 Å². The molecule has 90 valence electrons. The molecular formula is C11H9BrClNO2S. The summed E-state index contributed by atoms with van der Waals surface area (Å²) in [5.41, 5.74) is 0.676. The number of aliphatic hydroxyl groups is 1. The summed E-state index contributed by atoms with van der Waals surface area (Å²) in [5.74, 6) is 0.614. The van der Waals surface area contributed by atoms with Gasteiger partial charge in [0.05, 0.1) is 13.3 Å². The lowest BCUT2D eigenvalue weighted by atomic mass is 10.1. The number of rotatable bonds is 3. The van der Waals surface area contributed by atoms with Crippen molar-refractivity contribution in [1.82, 2.24) is 4.98 Å². The summed E-state index contributed by atoms with van der Waals surface area (Å²) in [6, 6.07) is 3.55. The van der Waals surface area contributed by atoms with E-state index >= 15 is 0 Å². The van der Waals surface area contributed by atoms with Gasteiger partial charge in [0, 0.05) is 21.1 Å². The third-order valence-electron chi connectivity index (χ3n) is 2.22. The van der Waals surface area contributed by atoms with Gasteiger partial charge in [-0.2, -0.15) is 0 Å². The lowest BCUT2D eigenvalue weighted by molar-refractivity contribution is 0.223. The van der Waals surface area contributed by atoms with Crippen LogP contribution in [0.3, 0.4) is 0 Å². The van der Waals surface area contributed by atoms with Gasteiger partial charge in [-0.05, 0) is 28.1 Å². The molecule has 1 atom stereocenters. The Morgan fingerprint density at radius 2 is 2.24 bits per heavy atom. The summed E-state index contributed by atoms with van der Waals surface area (Å²) in [5, 5.41) is 10.2. The molecule has 1 N–H and O–H groups in total. The number of aromatic nitrogens is 1. The van der Waals surface area contributed by atoms with Crippen LogP contribution in [0.2, 0.25) is 4.34 Å². The van der Waals surface area contributed by atoms with Gasteiger partial charge in [0.2, 0.25) is 0 Å². The van der Waals surface area contributed by atoms with Crippen molar-refractivity contribution in [3.63, 3.8) is 0 Å². The van der Waals surface area contributed by atoms with Gasteiger partial charge in [-0.3, -0.25) is 4.98 Å². The van der Waals surface area contributed by atoms with Crippen LogP contribution in [-0.4, -0.2) is 17.2 Å². The van der Waals surface area contributed by atoms with E-state index in [1.165, 1.54) is 11.3 Å². The van der Waals surface area contributed by atoms with Gasteiger partial charge >= 0.3 is 0 Å². The normalized spacial score (nSPS) is 12.5. The van der Waals surface area contributed by atoms with E-state index in [0.717, 1.165) is 9.35 Å². The summed E-state index contributed by atoms with van der Waals surface area (Å²) >= 11 is 10.6. The highest BCUT2D eigenvalue weighted by Crippen LogP contribution is 2.37. The fourth-order valence-electron chi connectivity index (χ4n) is 1.36. The molecule has 0 radical (unpaired) electrons. The van der Waals surface area contributed by atoms with Gasteiger partial charge < -0.3 is 9.84 Å². The number of methoxy groups -OCH3 is 1. The molecule has 0 amide bonds. The molecule has 0 aliphatic heterocycles. The highest BCUT2D eigenvalue weighted by molar-refractivity contribution is 9.10. The molecule has 0 aromatic carbocycles. The molecule has 6 heteroatoms. The molecule has 17 heavy (non-hydrogen) atoms. The van der Waals surface area contributed by atoms with Crippen LogP contribution in [0.25, 0.3) is 0 Å². The molecule has 2 rings (SSSR count). The number of thiophene rings is 1. The molecular weight excluding hydrogens is 326 g/mol. The van der Waals surface area contributed by atoms with Crippen LogP contribution in [-0.2, 0) is 0 Å². The van der Waals surface area contributed by atoms with Crippen LogP contribution in [0.5, 0.6) is 5.75 Å². The Morgan fingerprint density at radius 3 is 2.82 bits per heavy atom. The molecule has 0 spiro atoms. The predicted octanol–water partition coefficient (Wildman–Crippen LogP) is 3.65. The van der Waals surface area contributed by atoms with Crippen LogP contribution >= 0.6 is 38.9 Å². The zero-order chi connectivity index (χ0) is 12.4. The average molecular weight is 335 g/mol. The summed E-state index contributed by atoms with van der Waals surface area (Å²) in [6.07, 6.45) is 2.45. The number of pyridine rings is 1. The van der Waals surface area contributed by atoms with Crippen LogP contribution < -0.4 is 4.74 Å². The van der Waals surface area contributed by atoms with E-state index < -0.39 is 6.10 Å². The number of aliphatic hydroxyl groups excluding tert-OH is 1. The topological polar surface area (TPSA) is 42.4 Å². The largest absolute Gasteiger partial charge is 0.495 e. The van der Waals surface area contributed by atoms with Crippen molar-refractivity contribution < 1.29 is 9.84 Å². The van der Waals surface area contributed by atoms with Crippen molar-refractivity contribution in [3.8, 4) is 5.75 Å². The Balaban J connectivity index is 2.32. The SMILES string of the molecule is COc1cncc(C(O)c2cc(Br)c(Cl)s2)c1. The Bertz CT molecular complexity index is 512. The van der Waals surface area contributed by atoms with E-state index in [1.54, 1.807) is 31.6 Å². The molecule has 0 saturated heterocycles. The quantitative estimate of drug-likeness (QED) is 0.931. The summed E-state index contributed by atoms with van der Waals surface area (Å²) in [7, 11) is 1.56. The first-order valence-electron chi connectivity index (χ1n) is 4.73.